The Morgan fingerprint density at radius 3 is 3.05 bits per heavy atom. The minimum Gasteiger partial charge on any atom is -0.383 e. The minimum atomic E-state index is 0.743. The summed E-state index contributed by atoms with van der Waals surface area (Å²) in [6.07, 6.45) is 1.09. The van der Waals surface area contributed by atoms with Crippen molar-refractivity contribution in [3.63, 3.8) is 0 Å². The molecule has 0 amide bonds. The minimum absolute atomic E-state index is 0.743. The SMILES string of the molecule is COCCNCc1ccc(N2CCCOCC2)c(Br)c1. The van der Waals surface area contributed by atoms with E-state index in [1.165, 1.54) is 11.3 Å². The highest BCUT2D eigenvalue weighted by molar-refractivity contribution is 9.10. The van der Waals surface area contributed by atoms with Gasteiger partial charge in [0.05, 0.1) is 18.9 Å². The molecule has 1 N–H and O–H groups in total. The second-order valence-electron chi connectivity index (χ2n) is 4.91. The molecule has 1 heterocycles. The number of nitrogens with one attached hydrogen (secondary N) is 1. The molecule has 1 aliphatic heterocycles. The Balaban J connectivity index is 1.94. The first-order valence-corrected chi connectivity index (χ1v) is 7.91. The van der Waals surface area contributed by atoms with Crippen molar-refractivity contribution in [1.29, 1.82) is 0 Å². The molecule has 0 radical (unpaired) electrons. The van der Waals surface area contributed by atoms with Gasteiger partial charge in [-0.25, -0.2) is 0 Å². The van der Waals surface area contributed by atoms with Crippen molar-refractivity contribution in [3.05, 3.63) is 28.2 Å². The largest absolute Gasteiger partial charge is 0.383 e. The first kappa shape index (κ1) is 15.8. The summed E-state index contributed by atoms with van der Waals surface area (Å²) >= 11 is 3.70. The van der Waals surface area contributed by atoms with Crippen LogP contribution in [0.1, 0.15) is 12.0 Å². The highest BCUT2D eigenvalue weighted by Crippen LogP contribution is 2.28. The fourth-order valence-electron chi connectivity index (χ4n) is 2.31. The van der Waals surface area contributed by atoms with Gasteiger partial charge in [-0.2, -0.15) is 0 Å². The van der Waals surface area contributed by atoms with Gasteiger partial charge in [-0.3, -0.25) is 0 Å². The summed E-state index contributed by atoms with van der Waals surface area (Å²) in [5, 5.41) is 3.36. The third-order valence-electron chi connectivity index (χ3n) is 3.39. The lowest BCUT2D eigenvalue weighted by atomic mass is 10.2. The van der Waals surface area contributed by atoms with E-state index in [1.54, 1.807) is 7.11 Å². The molecule has 2 rings (SSSR count). The summed E-state index contributed by atoms with van der Waals surface area (Å²) in [6, 6.07) is 6.58. The molecule has 0 atom stereocenters. The Labute approximate surface area is 129 Å². The molecule has 0 aromatic heterocycles. The van der Waals surface area contributed by atoms with Crippen LogP contribution in [0.2, 0.25) is 0 Å². The topological polar surface area (TPSA) is 33.7 Å². The van der Waals surface area contributed by atoms with Crippen molar-refractivity contribution in [2.24, 2.45) is 0 Å². The molecular weight excluding hydrogens is 320 g/mol. The highest BCUT2D eigenvalue weighted by atomic mass is 79.9. The summed E-state index contributed by atoms with van der Waals surface area (Å²) in [5.74, 6) is 0. The van der Waals surface area contributed by atoms with E-state index < -0.39 is 0 Å². The van der Waals surface area contributed by atoms with Gasteiger partial charge < -0.3 is 19.7 Å². The zero-order valence-electron chi connectivity index (χ0n) is 12.0. The lowest BCUT2D eigenvalue weighted by Gasteiger charge is -2.23. The summed E-state index contributed by atoms with van der Waals surface area (Å²) in [5.41, 5.74) is 2.54. The van der Waals surface area contributed by atoms with Gasteiger partial charge in [0.25, 0.3) is 0 Å². The smallest absolute Gasteiger partial charge is 0.0641 e. The maximum Gasteiger partial charge on any atom is 0.0641 e. The van der Waals surface area contributed by atoms with Gasteiger partial charge in [0.1, 0.15) is 0 Å². The zero-order chi connectivity index (χ0) is 14.2. The number of ether oxygens (including phenoxy) is 2. The Morgan fingerprint density at radius 2 is 2.25 bits per heavy atom. The molecule has 4 nitrogen and oxygen atoms in total. The Bertz CT molecular complexity index is 407. The van der Waals surface area contributed by atoms with Crippen LogP contribution < -0.4 is 10.2 Å². The molecule has 0 saturated carbocycles. The van der Waals surface area contributed by atoms with Crippen molar-refractivity contribution >= 4 is 21.6 Å². The van der Waals surface area contributed by atoms with Crippen LogP contribution in [-0.2, 0) is 16.0 Å². The Morgan fingerprint density at radius 1 is 1.35 bits per heavy atom. The van der Waals surface area contributed by atoms with Crippen LogP contribution in [0.3, 0.4) is 0 Å². The third kappa shape index (κ3) is 4.74. The quantitative estimate of drug-likeness (QED) is 0.805. The zero-order valence-corrected chi connectivity index (χ0v) is 13.6. The van der Waals surface area contributed by atoms with Gasteiger partial charge in [-0.05, 0) is 40.0 Å². The second-order valence-corrected chi connectivity index (χ2v) is 5.76. The first-order chi connectivity index (χ1) is 9.81. The lowest BCUT2D eigenvalue weighted by Crippen LogP contribution is -2.26. The van der Waals surface area contributed by atoms with Gasteiger partial charge in [-0.15, -0.1) is 0 Å². The van der Waals surface area contributed by atoms with Gasteiger partial charge in [0, 0.05) is 44.4 Å². The Hall–Kier alpha value is -0.620. The molecule has 112 valence electrons. The van der Waals surface area contributed by atoms with Gasteiger partial charge in [0.2, 0.25) is 0 Å². The summed E-state index contributed by atoms with van der Waals surface area (Å²) in [6.45, 7) is 6.19. The van der Waals surface area contributed by atoms with E-state index in [2.05, 4.69) is 44.3 Å². The molecule has 1 aromatic carbocycles. The fourth-order valence-corrected chi connectivity index (χ4v) is 2.99. The molecule has 0 bridgehead atoms. The van der Waals surface area contributed by atoms with Crippen LogP contribution in [0.5, 0.6) is 0 Å². The lowest BCUT2D eigenvalue weighted by molar-refractivity contribution is 0.152. The van der Waals surface area contributed by atoms with Crippen molar-refractivity contribution in [1.82, 2.24) is 5.32 Å². The van der Waals surface area contributed by atoms with Crippen LogP contribution in [0.15, 0.2) is 22.7 Å². The molecule has 1 aromatic rings. The predicted molar refractivity (Wildman–Crippen MR) is 85.4 cm³/mol. The average Bonchev–Trinajstić information content (AvgIpc) is 2.73. The average molecular weight is 343 g/mol. The number of rotatable bonds is 6. The Kier molecular flexibility index (Phi) is 6.79. The number of anilines is 1. The third-order valence-corrected chi connectivity index (χ3v) is 4.02. The van der Waals surface area contributed by atoms with Crippen LogP contribution in [-0.4, -0.2) is 46.6 Å². The van der Waals surface area contributed by atoms with Crippen LogP contribution in [0, 0.1) is 0 Å². The second kappa shape index (κ2) is 8.62. The van der Waals surface area contributed by atoms with Crippen LogP contribution in [0.4, 0.5) is 5.69 Å². The number of hydrogen-bond donors (Lipinski definition) is 1. The van der Waals surface area contributed by atoms with Gasteiger partial charge >= 0.3 is 0 Å². The molecule has 1 saturated heterocycles. The van der Waals surface area contributed by atoms with Gasteiger partial charge in [-0.1, -0.05) is 6.07 Å². The van der Waals surface area contributed by atoms with Crippen molar-refractivity contribution in [2.75, 3.05) is 51.5 Å². The number of benzene rings is 1. The normalized spacial score (nSPS) is 16.2. The maximum absolute atomic E-state index is 5.51. The van der Waals surface area contributed by atoms with E-state index in [0.717, 1.165) is 56.9 Å². The molecule has 0 aliphatic carbocycles. The van der Waals surface area contributed by atoms with Crippen LogP contribution in [0.25, 0.3) is 0 Å². The molecular formula is C15H23BrN2O2. The molecule has 0 spiro atoms. The highest BCUT2D eigenvalue weighted by Gasteiger charge is 2.13. The molecule has 1 fully saturated rings. The number of halogens is 1. The van der Waals surface area contributed by atoms with Crippen molar-refractivity contribution in [3.8, 4) is 0 Å². The monoisotopic (exact) mass is 342 g/mol. The molecule has 0 unspecified atom stereocenters. The number of methoxy groups -OCH3 is 1. The summed E-state index contributed by atoms with van der Waals surface area (Å²) in [7, 11) is 1.72. The molecule has 1 aliphatic rings. The number of hydrogen-bond acceptors (Lipinski definition) is 4. The van der Waals surface area contributed by atoms with E-state index in [-0.39, 0.29) is 0 Å². The van der Waals surface area contributed by atoms with Crippen molar-refractivity contribution < 1.29 is 9.47 Å². The fraction of sp³-hybridized carbons (Fsp3) is 0.600. The van der Waals surface area contributed by atoms with Crippen LogP contribution >= 0.6 is 15.9 Å². The van der Waals surface area contributed by atoms with E-state index in [1.807, 2.05) is 0 Å². The predicted octanol–water partition coefficient (Wildman–Crippen LogP) is 2.41. The van der Waals surface area contributed by atoms with E-state index >= 15 is 0 Å². The molecule has 5 heteroatoms. The van der Waals surface area contributed by atoms with Crippen molar-refractivity contribution in [2.45, 2.75) is 13.0 Å². The maximum atomic E-state index is 5.51. The van der Waals surface area contributed by atoms with E-state index in [4.69, 9.17) is 9.47 Å². The van der Waals surface area contributed by atoms with Gasteiger partial charge in [0.15, 0.2) is 0 Å². The molecule has 20 heavy (non-hydrogen) atoms. The summed E-state index contributed by atoms with van der Waals surface area (Å²) < 4.78 is 11.7. The van der Waals surface area contributed by atoms with E-state index in [9.17, 15) is 0 Å². The standard InChI is InChI=1S/C15H23BrN2O2/c1-19-9-5-17-12-13-3-4-15(14(16)11-13)18-6-2-8-20-10-7-18/h3-4,11,17H,2,5-10,12H2,1H3. The summed E-state index contributed by atoms with van der Waals surface area (Å²) in [4.78, 5) is 2.39. The first-order valence-electron chi connectivity index (χ1n) is 7.12. The number of nitrogens with zero attached hydrogens (tertiary/aromatic N) is 1. The van der Waals surface area contributed by atoms with E-state index in [0.29, 0.717) is 0 Å².